The van der Waals surface area contributed by atoms with Gasteiger partial charge in [-0.25, -0.2) is 43.9 Å². The maximum atomic E-state index is 16.0. The maximum Gasteiger partial charge on any atom is 0.379 e. The molecule has 2 aromatic rings. The Morgan fingerprint density at radius 3 is 0.721 bits per heavy atom. The van der Waals surface area contributed by atoms with Crippen LogP contribution in [0.3, 0.4) is 0 Å². The van der Waals surface area contributed by atoms with Crippen LogP contribution in [0, 0.1) is 46.5 Å². The molecule has 2 atom stereocenters. The molecule has 0 saturated carbocycles. The van der Waals surface area contributed by atoms with Crippen molar-refractivity contribution in [3.05, 3.63) is 68.8 Å². The van der Waals surface area contributed by atoms with Gasteiger partial charge in [0.15, 0.2) is 57.7 Å². The van der Waals surface area contributed by atoms with E-state index in [1.807, 2.05) is 0 Å². The molecule has 0 N–H and O–H groups in total. The Bertz CT molecular complexity index is 1460. The quantitative estimate of drug-likeness (QED) is 0.131. The van der Waals surface area contributed by atoms with Gasteiger partial charge in [-0.2, -0.15) is 52.7 Å². The minimum absolute atomic E-state index is 2.93. The summed E-state index contributed by atoms with van der Waals surface area (Å²) >= 11 is 0. The highest BCUT2D eigenvalue weighted by molar-refractivity contribution is 6.44. The van der Waals surface area contributed by atoms with Gasteiger partial charge in [-0.15, -0.1) is 0 Å². The van der Waals surface area contributed by atoms with Gasteiger partial charge in [0.1, 0.15) is 0 Å². The normalized spacial score (nSPS) is 29.1. The number of halogens is 22. The lowest BCUT2D eigenvalue weighted by Crippen LogP contribution is -2.74. The van der Waals surface area contributed by atoms with Crippen LogP contribution in [0.2, 0.25) is 0 Å². The van der Waals surface area contributed by atoms with E-state index in [9.17, 15) is 87.8 Å². The number of rotatable bonds is 2. The highest BCUT2D eigenvalue weighted by Gasteiger charge is 2.91. The Hall–Kier alpha value is -3.04. The second-order valence-electron chi connectivity index (χ2n) is 9.03. The number of benzene rings is 2. The molecule has 2 unspecified atom stereocenters. The van der Waals surface area contributed by atoms with Crippen molar-refractivity contribution in [3.63, 3.8) is 0 Å². The third-order valence-electron chi connectivity index (χ3n) is 6.78. The van der Waals surface area contributed by atoms with Crippen molar-refractivity contribution < 1.29 is 96.6 Å². The lowest BCUT2D eigenvalue weighted by molar-refractivity contribution is -0.360. The van der Waals surface area contributed by atoms with Gasteiger partial charge in [-0.05, 0) is 0 Å². The summed E-state index contributed by atoms with van der Waals surface area (Å²) in [5.41, 5.74) is -30.7. The molecule has 0 nitrogen and oxygen atoms in total. The maximum absolute atomic E-state index is 16.0. The van der Waals surface area contributed by atoms with Gasteiger partial charge in [0.25, 0.3) is 0 Å². The fourth-order valence-electron chi connectivity index (χ4n) is 4.62. The van der Waals surface area contributed by atoms with E-state index in [2.05, 4.69) is 0 Å². The van der Waals surface area contributed by atoms with Crippen LogP contribution in [0.4, 0.5) is 96.6 Å². The average Bonchev–Trinajstić information content (AvgIpc) is 2.87. The molecule has 0 aliphatic heterocycles. The fourth-order valence-corrected chi connectivity index (χ4v) is 4.62. The summed E-state index contributed by atoms with van der Waals surface area (Å²) in [6, 6.07) is 0. The molecule has 1 radical (unpaired) electrons. The van der Waals surface area contributed by atoms with Crippen LogP contribution in [0.5, 0.6) is 0 Å². The second-order valence-corrected chi connectivity index (χ2v) is 9.03. The van der Waals surface area contributed by atoms with E-state index in [0.717, 1.165) is 0 Å². The number of alkyl halides is 14. The van der Waals surface area contributed by atoms with Crippen LogP contribution in [0.25, 0.3) is 0 Å². The van der Waals surface area contributed by atoms with Crippen molar-refractivity contribution in [2.24, 2.45) is 0 Å². The van der Waals surface area contributed by atoms with Gasteiger partial charge in [-0.3, -0.25) is 0 Å². The molecule has 0 aromatic heterocycles. The summed E-state index contributed by atoms with van der Waals surface area (Å²) < 4.78 is 318. The third kappa shape index (κ3) is 3.20. The Kier molecular flexibility index (Phi) is 6.39. The minimum atomic E-state index is -7.85. The first-order valence-corrected chi connectivity index (χ1v) is 10.2. The Morgan fingerprint density at radius 2 is 0.488 bits per heavy atom. The molecule has 43 heavy (non-hydrogen) atoms. The van der Waals surface area contributed by atoms with Crippen LogP contribution < -0.4 is 0 Å². The summed E-state index contributed by atoms with van der Waals surface area (Å²) in [7, 11) is -2.93. The summed E-state index contributed by atoms with van der Waals surface area (Å²) in [5, 5.41) is 0. The summed E-state index contributed by atoms with van der Waals surface area (Å²) in [4.78, 5) is 0. The van der Waals surface area contributed by atoms with Gasteiger partial charge < -0.3 is 0 Å². The lowest BCUT2D eigenvalue weighted by atomic mass is 9.40. The first-order chi connectivity index (χ1) is 19.0. The zero-order chi connectivity index (χ0) is 33.6. The molecular formula is C20BF22. The number of hydrogen-bond acceptors (Lipinski definition) is 0. The van der Waals surface area contributed by atoms with Crippen molar-refractivity contribution in [1.29, 1.82) is 0 Å². The molecule has 237 valence electrons. The van der Waals surface area contributed by atoms with E-state index in [0.29, 0.717) is 0 Å². The van der Waals surface area contributed by atoms with E-state index in [-0.39, 0.29) is 0 Å². The molecule has 0 bridgehead atoms. The molecule has 0 fully saturated rings. The molecule has 2 aliphatic rings. The fraction of sp³-hybridized carbons (Fsp3) is 0.400. The van der Waals surface area contributed by atoms with Crippen molar-refractivity contribution >= 4 is 7.28 Å². The van der Waals surface area contributed by atoms with E-state index >= 15 is 8.78 Å². The Labute approximate surface area is 220 Å². The first kappa shape index (κ1) is 32.9. The Balaban J connectivity index is 2.27. The zero-order valence-corrected chi connectivity index (χ0v) is 18.9. The zero-order valence-electron chi connectivity index (χ0n) is 18.9. The first-order valence-electron chi connectivity index (χ1n) is 10.2. The van der Waals surface area contributed by atoms with E-state index in [4.69, 9.17) is 0 Å². The van der Waals surface area contributed by atoms with Gasteiger partial charge in [0.05, 0.1) is 11.1 Å². The lowest BCUT2D eigenvalue weighted by Gasteiger charge is -2.51. The SMILES string of the molecule is Fc1c(F)c(F)c2c(c1F)C(F)(F)C(F)(F)C(F)(F)C2(F)[B]C1(F)c2c(F)c(F)c(F)c(F)c2C(F)(F)C(F)(F)C1(F)F. The summed E-state index contributed by atoms with van der Waals surface area (Å²) in [6.07, 6.45) is 0. The van der Waals surface area contributed by atoms with Gasteiger partial charge in [0.2, 0.25) is 7.28 Å². The Morgan fingerprint density at radius 1 is 0.279 bits per heavy atom. The van der Waals surface area contributed by atoms with E-state index < -0.39 is 123 Å². The monoisotopic (exact) mass is 669 g/mol. The van der Waals surface area contributed by atoms with Crippen molar-refractivity contribution in [1.82, 2.24) is 0 Å². The standard InChI is InChI=1S/C20BF22/c22-5-1-3(7(24)11(28)9(5)26)15(32,33)19(40,41)17(36,37)13(1,30)21-14(31)2-4(8(25)12(29)10(27)6(2)23)16(34,35)20(42,43)18(14,38)39. The van der Waals surface area contributed by atoms with E-state index in [1.165, 1.54) is 0 Å². The topological polar surface area (TPSA) is 0 Å². The molecule has 0 amide bonds. The summed E-state index contributed by atoms with van der Waals surface area (Å²) in [6.45, 7) is 0. The molecule has 2 aliphatic carbocycles. The third-order valence-corrected chi connectivity index (χ3v) is 6.78. The molecule has 0 heterocycles. The van der Waals surface area contributed by atoms with Crippen molar-refractivity contribution in [2.45, 2.75) is 46.7 Å². The highest BCUT2D eigenvalue weighted by Crippen LogP contribution is 2.70. The predicted molar refractivity (Wildman–Crippen MR) is 91.5 cm³/mol. The molecule has 23 heteroatoms. The predicted octanol–water partition coefficient (Wildman–Crippen LogP) is 8.20. The largest absolute Gasteiger partial charge is 0.379 e. The van der Waals surface area contributed by atoms with Crippen LogP contribution in [-0.4, -0.2) is 31.0 Å². The van der Waals surface area contributed by atoms with Crippen molar-refractivity contribution in [3.8, 4) is 0 Å². The minimum Gasteiger partial charge on any atom is -0.242 e. The van der Waals surface area contributed by atoms with Crippen LogP contribution in [0.15, 0.2) is 0 Å². The van der Waals surface area contributed by atoms with Crippen LogP contribution >= 0.6 is 0 Å². The molecule has 0 saturated heterocycles. The molecule has 2 aromatic carbocycles. The van der Waals surface area contributed by atoms with Gasteiger partial charge in [0, 0.05) is 11.1 Å². The van der Waals surface area contributed by atoms with E-state index in [1.54, 1.807) is 0 Å². The smallest absolute Gasteiger partial charge is 0.242 e. The van der Waals surface area contributed by atoms with Gasteiger partial charge in [-0.1, -0.05) is 0 Å². The highest BCUT2D eigenvalue weighted by atomic mass is 19.4. The molecular weight excluding hydrogens is 669 g/mol. The van der Waals surface area contributed by atoms with Crippen molar-refractivity contribution in [2.75, 3.05) is 0 Å². The van der Waals surface area contributed by atoms with Gasteiger partial charge >= 0.3 is 35.5 Å². The number of fused-ring (bicyclic) bond motifs is 2. The van der Waals surface area contributed by atoms with Crippen LogP contribution in [0.1, 0.15) is 22.3 Å². The molecule has 0 spiro atoms. The molecule has 4 rings (SSSR count). The number of hydrogen-bond donors (Lipinski definition) is 0. The second kappa shape index (κ2) is 8.36. The average molecular weight is 669 g/mol. The van der Waals surface area contributed by atoms with Crippen LogP contribution in [-0.2, 0) is 23.0 Å². The summed E-state index contributed by atoms with van der Waals surface area (Å²) in [5.74, 6) is -76.0.